The lowest BCUT2D eigenvalue weighted by Crippen LogP contribution is -2.41. The van der Waals surface area contributed by atoms with E-state index in [1.54, 1.807) is 0 Å². The second kappa shape index (κ2) is 7.85. The topological polar surface area (TPSA) is 52.6 Å². The fraction of sp³-hybridized carbons (Fsp3) is 0.933. The van der Waals surface area contributed by atoms with Crippen LogP contribution in [0.15, 0.2) is 0 Å². The zero-order valence-electron chi connectivity index (χ0n) is 11.9. The molecule has 1 unspecified atom stereocenters. The molecule has 1 saturated carbocycles. The zero-order valence-corrected chi connectivity index (χ0v) is 11.9. The predicted molar refractivity (Wildman–Crippen MR) is 75.9 cm³/mol. The van der Waals surface area contributed by atoms with Crippen molar-refractivity contribution in [2.45, 2.75) is 57.4 Å². The van der Waals surface area contributed by atoms with Gasteiger partial charge in [-0.15, -0.1) is 0 Å². The molecule has 0 aromatic heterocycles. The summed E-state index contributed by atoms with van der Waals surface area (Å²) >= 11 is 0. The van der Waals surface area contributed by atoms with Gasteiger partial charge >= 0.3 is 0 Å². The minimum absolute atomic E-state index is 0.207. The van der Waals surface area contributed by atoms with E-state index in [0.717, 1.165) is 45.3 Å². The average molecular weight is 268 g/mol. The first-order chi connectivity index (χ1) is 9.28. The highest BCUT2D eigenvalue weighted by Crippen LogP contribution is 2.18. The van der Waals surface area contributed by atoms with Gasteiger partial charge in [-0.1, -0.05) is 19.3 Å². The third-order valence-corrected chi connectivity index (χ3v) is 4.49. The number of hydrogen-bond donors (Lipinski definition) is 2. The fourth-order valence-corrected chi connectivity index (χ4v) is 3.31. The smallest absolute Gasteiger partial charge is 0.221 e. The largest absolute Gasteiger partial charge is 0.396 e. The van der Waals surface area contributed by atoms with E-state index in [9.17, 15) is 9.90 Å². The average Bonchev–Trinajstić information content (AvgIpc) is 2.46. The third kappa shape index (κ3) is 5.11. The molecule has 1 atom stereocenters. The van der Waals surface area contributed by atoms with Crippen molar-refractivity contribution in [3.63, 3.8) is 0 Å². The van der Waals surface area contributed by atoms with Crippen LogP contribution in [0.1, 0.15) is 51.4 Å². The van der Waals surface area contributed by atoms with Gasteiger partial charge in [0, 0.05) is 32.2 Å². The van der Waals surface area contributed by atoms with Gasteiger partial charge in [-0.25, -0.2) is 0 Å². The molecule has 4 nitrogen and oxygen atoms in total. The summed E-state index contributed by atoms with van der Waals surface area (Å²) in [4.78, 5) is 14.2. The Morgan fingerprint density at radius 2 is 1.95 bits per heavy atom. The van der Waals surface area contributed by atoms with Crippen LogP contribution in [-0.4, -0.2) is 48.2 Å². The Bertz CT molecular complexity index is 277. The summed E-state index contributed by atoms with van der Waals surface area (Å²) in [7, 11) is 0. The Balaban J connectivity index is 1.62. The molecule has 19 heavy (non-hydrogen) atoms. The summed E-state index contributed by atoms with van der Waals surface area (Å²) in [6, 6.07) is 0.424. The van der Waals surface area contributed by atoms with Crippen molar-refractivity contribution in [3.8, 4) is 0 Å². The van der Waals surface area contributed by atoms with Crippen LogP contribution in [0.2, 0.25) is 0 Å². The second-order valence-corrected chi connectivity index (χ2v) is 6.14. The van der Waals surface area contributed by atoms with E-state index in [2.05, 4.69) is 10.2 Å². The summed E-state index contributed by atoms with van der Waals surface area (Å²) in [5, 5.41) is 12.4. The number of carbonyl (C=O) groups excluding carboxylic acids is 1. The Morgan fingerprint density at radius 1 is 1.16 bits per heavy atom. The summed E-state index contributed by atoms with van der Waals surface area (Å²) in [6.45, 7) is 3.15. The van der Waals surface area contributed by atoms with Crippen molar-refractivity contribution in [1.29, 1.82) is 0 Å². The Kier molecular flexibility index (Phi) is 6.11. The third-order valence-electron chi connectivity index (χ3n) is 4.49. The summed E-state index contributed by atoms with van der Waals surface area (Å²) in [5.74, 6) is 0.619. The summed E-state index contributed by atoms with van der Waals surface area (Å²) in [6.07, 6.45) is 9.03. The molecule has 2 rings (SSSR count). The first-order valence-corrected chi connectivity index (χ1v) is 7.90. The molecule has 0 aromatic rings. The van der Waals surface area contributed by atoms with Crippen molar-refractivity contribution >= 4 is 5.91 Å². The van der Waals surface area contributed by atoms with Crippen molar-refractivity contribution in [1.82, 2.24) is 10.2 Å². The molecule has 2 aliphatic rings. The maximum atomic E-state index is 11.9. The minimum atomic E-state index is 0.207. The highest BCUT2D eigenvalue weighted by Gasteiger charge is 2.20. The number of carbonyl (C=O) groups is 1. The van der Waals surface area contributed by atoms with Gasteiger partial charge in [-0.3, -0.25) is 4.79 Å². The van der Waals surface area contributed by atoms with E-state index in [0.29, 0.717) is 18.4 Å². The highest BCUT2D eigenvalue weighted by molar-refractivity contribution is 5.76. The van der Waals surface area contributed by atoms with Crippen molar-refractivity contribution in [2.24, 2.45) is 5.92 Å². The van der Waals surface area contributed by atoms with Crippen LogP contribution in [0.25, 0.3) is 0 Å². The van der Waals surface area contributed by atoms with Gasteiger partial charge in [0.05, 0.1) is 0 Å². The monoisotopic (exact) mass is 268 g/mol. The first kappa shape index (κ1) is 14.8. The molecule has 0 radical (unpaired) electrons. The van der Waals surface area contributed by atoms with E-state index in [-0.39, 0.29) is 12.5 Å². The van der Waals surface area contributed by atoms with E-state index in [1.165, 1.54) is 19.3 Å². The van der Waals surface area contributed by atoms with Gasteiger partial charge in [0.1, 0.15) is 0 Å². The number of aliphatic hydroxyl groups excluding tert-OH is 1. The van der Waals surface area contributed by atoms with Gasteiger partial charge in [-0.05, 0) is 38.1 Å². The fourth-order valence-electron chi connectivity index (χ4n) is 3.31. The van der Waals surface area contributed by atoms with Crippen LogP contribution in [0.3, 0.4) is 0 Å². The maximum absolute atomic E-state index is 11.9. The summed E-state index contributed by atoms with van der Waals surface area (Å²) in [5.41, 5.74) is 0. The molecular weight excluding hydrogens is 240 g/mol. The van der Waals surface area contributed by atoms with Crippen LogP contribution in [0.5, 0.6) is 0 Å². The Labute approximate surface area is 116 Å². The molecule has 110 valence electrons. The molecule has 4 heteroatoms. The number of rotatable bonds is 5. The van der Waals surface area contributed by atoms with Crippen molar-refractivity contribution < 1.29 is 9.90 Å². The second-order valence-electron chi connectivity index (χ2n) is 6.14. The molecule has 0 spiro atoms. The van der Waals surface area contributed by atoms with E-state index in [4.69, 9.17) is 0 Å². The highest BCUT2D eigenvalue weighted by atomic mass is 16.3. The number of nitrogens with one attached hydrogen (secondary N) is 1. The number of piperidine rings is 1. The molecule has 1 amide bonds. The molecule has 0 bridgehead atoms. The Morgan fingerprint density at radius 3 is 2.68 bits per heavy atom. The normalized spacial score (nSPS) is 26.3. The summed E-state index contributed by atoms with van der Waals surface area (Å²) < 4.78 is 0. The number of likely N-dealkylation sites (tertiary alicyclic amines) is 1. The lowest BCUT2D eigenvalue weighted by Gasteiger charge is -2.31. The van der Waals surface area contributed by atoms with Crippen LogP contribution in [-0.2, 0) is 4.79 Å². The van der Waals surface area contributed by atoms with E-state index >= 15 is 0 Å². The van der Waals surface area contributed by atoms with Gasteiger partial charge < -0.3 is 15.3 Å². The maximum Gasteiger partial charge on any atom is 0.221 e. The lowest BCUT2D eigenvalue weighted by atomic mass is 9.95. The SMILES string of the molecule is O=C(CCN1CCCC(CO)C1)NC1CCCCC1. The zero-order chi connectivity index (χ0) is 13.5. The quantitative estimate of drug-likeness (QED) is 0.795. The van der Waals surface area contributed by atoms with Gasteiger partial charge in [0.25, 0.3) is 0 Å². The number of nitrogens with zero attached hydrogens (tertiary/aromatic N) is 1. The standard InChI is InChI=1S/C15H28N2O2/c18-12-13-5-4-9-17(11-13)10-8-15(19)16-14-6-2-1-3-7-14/h13-14,18H,1-12H2,(H,16,19). The number of aliphatic hydroxyl groups is 1. The minimum Gasteiger partial charge on any atom is -0.396 e. The molecule has 0 aromatic carbocycles. The predicted octanol–water partition coefficient (Wildman–Crippen LogP) is 1.53. The molecule has 1 aliphatic carbocycles. The van der Waals surface area contributed by atoms with Crippen LogP contribution >= 0.6 is 0 Å². The lowest BCUT2D eigenvalue weighted by molar-refractivity contribution is -0.122. The first-order valence-electron chi connectivity index (χ1n) is 7.90. The van der Waals surface area contributed by atoms with Crippen LogP contribution < -0.4 is 5.32 Å². The molecule has 1 saturated heterocycles. The molecule has 2 fully saturated rings. The molecule has 1 aliphatic heterocycles. The van der Waals surface area contributed by atoms with Crippen molar-refractivity contribution in [2.75, 3.05) is 26.2 Å². The van der Waals surface area contributed by atoms with E-state index in [1.807, 2.05) is 0 Å². The number of amides is 1. The van der Waals surface area contributed by atoms with Gasteiger partial charge in [0.2, 0.25) is 5.91 Å². The molecule has 2 N–H and O–H groups in total. The molecule has 1 heterocycles. The van der Waals surface area contributed by atoms with Crippen LogP contribution in [0.4, 0.5) is 0 Å². The molecular formula is C15H28N2O2. The van der Waals surface area contributed by atoms with Gasteiger partial charge in [0.15, 0.2) is 0 Å². The number of hydrogen-bond acceptors (Lipinski definition) is 3. The van der Waals surface area contributed by atoms with Crippen molar-refractivity contribution in [3.05, 3.63) is 0 Å². The van der Waals surface area contributed by atoms with Crippen LogP contribution in [0, 0.1) is 5.92 Å². The Hall–Kier alpha value is -0.610. The van der Waals surface area contributed by atoms with E-state index < -0.39 is 0 Å². The van der Waals surface area contributed by atoms with Gasteiger partial charge in [-0.2, -0.15) is 0 Å².